The number of fused-ring (bicyclic) bond motifs is 3. The van der Waals surface area contributed by atoms with Gasteiger partial charge in [0, 0.05) is 60.4 Å². The number of terminal acetylenes is 1. The highest BCUT2D eigenvalue weighted by molar-refractivity contribution is 7.19. The van der Waals surface area contributed by atoms with E-state index in [1.807, 2.05) is 18.2 Å². The summed E-state index contributed by atoms with van der Waals surface area (Å²) < 4.78 is 9.39. The highest BCUT2D eigenvalue weighted by atomic mass is 32.1. The molecule has 0 unspecified atom stereocenters. The highest BCUT2D eigenvalue weighted by Gasteiger charge is 2.43. The van der Waals surface area contributed by atoms with E-state index in [-0.39, 0.29) is 16.7 Å². The number of unbranched alkanes of at least 4 members (excludes halogenated alkanes) is 2. The van der Waals surface area contributed by atoms with Crippen LogP contribution in [0.1, 0.15) is 82.9 Å². The van der Waals surface area contributed by atoms with Crippen molar-refractivity contribution < 1.29 is 14.1 Å². The SMILES string of the molecule is C#Cc1nc2ccc(OCCCNC(=O)CCCCC[N+]3=C(/C=C/C=C/C=C4/N(CC)c5ccccc5C4(C)C)C(C)(C)c4ccccc43)cc2s1. The predicted molar refractivity (Wildman–Crippen MR) is 217 cm³/mol. The third-order valence-electron chi connectivity index (χ3n) is 10.3. The van der Waals surface area contributed by atoms with Crippen molar-refractivity contribution in [1.29, 1.82) is 0 Å². The lowest BCUT2D eigenvalue weighted by atomic mass is 9.81. The first-order valence-corrected chi connectivity index (χ1v) is 19.4. The van der Waals surface area contributed by atoms with Crippen LogP contribution in [0.5, 0.6) is 5.75 Å². The zero-order valence-corrected chi connectivity index (χ0v) is 32.1. The Kier molecular flexibility index (Phi) is 11.5. The third-order valence-corrected chi connectivity index (χ3v) is 11.3. The minimum absolute atomic E-state index is 0.0372. The quantitative estimate of drug-likeness (QED) is 0.0578. The number of ether oxygens (including phenoxy) is 1. The number of rotatable bonds is 15. The molecule has 0 bridgehead atoms. The van der Waals surface area contributed by atoms with E-state index in [9.17, 15) is 4.79 Å². The molecule has 6 rings (SSSR count). The third kappa shape index (κ3) is 7.78. The van der Waals surface area contributed by atoms with Gasteiger partial charge >= 0.3 is 0 Å². The van der Waals surface area contributed by atoms with E-state index in [4.69, 9.17) is 11.2 Å². The summed E-state index contributed by atoms with van der Waals surface area (Å²) in [7, 11) is 0. The molecular formula is C45H51N4O2S+. The Morgan fingerprint density at radius 3 is 2.56 bits per heavy atom. The van der Waals surface area contributed by atoms with Gasteiger partial charge < -0.3 is 15.0 Å². The van der Waals surface area contributed by atoms with Gasteiger partial charge in [0.05, 0.1) is 22.2 Å². The van der Waals surface area contributed by atoms with Crippen molar-refractivity contribution in [3.05, 3.63) is 119 Å². The summed E-state index contributed by atoms with van der Waals surface area (Å²) in [6, 6.07) is 23.3. The Labute approximate surface area is 313 Å². The molecule has 0 saturated carbocycles. The maximum Gasteiger partial charge on any atom is 0.219 e. The number of allylic oxidation sites excluding steroid dienone is 6. The number of hydrogen-bond donors (Lipinski definition) is 1. The van der Waals surface area contributed by atoms with E-state index in [2.05, 4.69) is 139 Å². The van der Waals surface area contributed by atoms with Crippen LogP contribution < -0.4 is 15.0 Å². The summed E-state index contributed by atoms with van der Waals surface area (Å²) in [6.07, 6.45) is 20.7. The molecule has 1 N–H and O–H groups in total. The maximum absolute atomic E-state index is 12.5. The number of carbonyl (C=O) groups is 1. The maximum atomic E-state index is 12.5. The summed E-state index contributed by atoms with van der Waals surface area (Å²) in [4.78, 5) is 19.4. The van der Waals surface area contributed by atoms with Gasteiger partial charge in [-0.2, -0.15) is 4.58 Å². The van der Waals surface area contributed by atoms with Gasteiger partial charge in [-0.05, 0) is 81.9 Å². The van der Waals surface area contributed by atoms with Crippen molar-refractivity contribution in [2.45, 2.75) is 77.6 Å². The van der Waals surface area contributed by atoms with Gasteiger partial charge in [-0.1, -0.05) is 68.5 Å². The van der Waals surface area contributed by atoms with Crippen LogP contribution in [0.3, 0.4) is 0 Å². The van der Waals surface area contributed by atoms with Crippen LogP contribution in [0, 0.1) is 12.3 Å². The lowest BCUT2D eigenvalue weighted by Gasteiger charge is -2.25. The molecule has 7 heteroatoms. The highest BCUT2D eigenvalue weighted by Crippen LogP contribution is 2.47. The lowest BCUT2D eigenvalue weighted by Crippen LogP contribution is -2.28. The molecule has 52 heavy (non-hydrogen) atoms. The summed E-state index contributed by atoms with van der Waals surface area (Å²) in [5.41, 5.74) is 8.72. The number of carbonyl (C=O) groups excluding carboxylic acids is 1. The zero-order valence-electron chi connectivity index (χ0n) is 31.2. The van der Waals surface area contributed by atoms with Crippen LogP contribution in [0.25, 0.3) is 10.2 Å². The van der Waals surface area contributed by atoms with Crippen molar-refractivity contribution in [3.8, 4) is 18.1 Å². The normalized spacial score (nSPS) is 16.6. The van der Waals surface area contributed by atoms with Gasteiger partial charge in [0.1, 0.15) is 12.3 Å². The topological polar surface area (TPSA) is 57.5 Å². The first-order valence-electron chi connectivity index (χ1n) is 18.6. The lowest BCUT2D eigenvalue weighted by molar-refractivity contribution is -0.438. The Balaban J connectivity index is 0.986. The van der Waals surface area contributed by atoms with Crippen molar-refractivity contribution in [3.63, 3.8) is 0 Å². The van der Waals surface area contributed by atoms with Crippen molar-refractivity contribution in [2.24, 2.45) is 0 Å². The fraction of sp³-hybridized carbons (Fsp3) is 0.356. The van der Waals surface area contributed by atoms with Gasteiger partial charge in [0.2, 0.25) is 11.6 Å². The molecule has 2 aliphatic rings. The van der Waals surface area contributed by atoms with Crippen LogP contribution in [-0.2, 0) is 15.6 Å². The van der Waals surface area contributed by atoms with Gasteiger partial charge in [0.15, 0.2) is 10.7 Å². The standard InChI is InChI=1S/C45H50N4O2S/c1-7-43-47-36-28-27-33(32-39(36)52-43)51-31-19-29-46-42(50)26-13-10-18-30-49-38-23-17-15-21-35(38)45(5,6)41(49)25-12-9-11-24-40-44(3,4)34-20-14-16-22-37(34)48(40)8-2/h1,9,11-12,14-17,20-25,27-28,32H,8,10,13,18-19,26,29-31H2,2-6H3/p+1. The molecule has 1 amide bonds. The minimum Gasteiger partial charge on any atom is -0.493 e. The molecule has 4 aromatic rings. The van der Waals surface area contributed by atoms with E-state index in [0.717, 1.165) is 54.7 Å². The van der Waals surface area contributed by atoms with Gasteiger partial charge in [-0.3, -0.25) is 4.79 Å². The molecule has 6 nitrogen and oxygen atoms in total. The number of anilines is 1. The fourth-order valence-corrected chi connectivity index (χ4v) is 8.39. The van der Waals surface area contributed by atoms with E-state index in [1.54, 1.807) is 0 Å². The number of amides is 1. The first-order chi connectivity index (χ1) is 25.1. The molecular weight excluding hydrogens is 661 g/mol. The van der Waals surface area contributed by atoms with Crippen LogP contribution >= 0.6 is 11.3 Å². The number of para-hydroxylation sites is 2. The summed E-state index contributed by atoms with van der Waals surface area (Å²) in [5.74, 6) is 3.48. The van der Waals surface area contributed by atoms with Crippen LogP contribution in [0.4, 0.5) is 11.4 Å². The molecule has 3 aromatic carbocycles. The van der Waals surface area contributed by atoms with Crippen molar-refractivity contribution >= 4 is 44.5 Å². The van der Waals surface area contributed by atoms with Crippen molar-refractivity contribution in [2.75, 3.05) is 31.1 Å². The fourth-order valence-electron chi connectivity index (χ4n) is 7.59. The molecule has 0 fully saturated rings. The molecule has 0 atom stereocenters. The Bertz CT molecular complexity index is 2090. The number of hydrogen-bond acceptors (Lipinski definition) is 5. The van der Waals surface area contributed by atoms with Crippen LogP contribution in [0.15, 0.2) is 103 Å². The van der Waals surface area contributed by atoms with E-state index in [1.165, 1.54) is 45.2 Å². The second-order valence-electron chi connectivity index (χ2n) is 14.5. The zero-order chi connectivity index (χ0) is 36.7. The number of likely N-dealkylation sites (N-methyl/N-ethyl adjacent to an activating group) is 1. The Hall–Kier alpha value is -4.93. The summed E-state index contributed by atoms with van der Waals surface area (Å²) >= 11 is 1.48. The van der Waals surface area contributed by atoms with Crippen molar-refractivity contribution in [1.82, 2.24) is 10.3 Å². The molecule has 0 spiro atoms. The monoisotopic (exact) mass is 711 g/mol. The summed E-state index contributed by atoms with van der Waals surface area (Å²) in [5, 5.41) is 3.73. The molecule has 0 aliphatic carbocycles. The molecule has 3 heterocycles. The number of thiazole rings is 1. The average molecular weight is 712 g/mol. The van der Waals surface area contributed by atoms with Crippen LogP contribution in [-0.4, -0.2) is 47.4 Å². The largest absolute Gasteiger partial charge is 0.493 e. The van der Waals surface area contributed by atoms with Crippen LogP contribution in [0.2, 0.25) is 0 Å². The predicted octanol–water partition coefficient (Wildman–Crippen LogP) is 9.61. The van der Waals surface area contributed by atoms with Gasteiger partial charge in [0.25, 0.3) is 0 Å². The first kappa shape index (κ1) is 36.8. The van der Waals surface area contributed by atoms with Gasteiger partial charge in [-0.25, -0.2) is 4.98 Å². The van der Waals surface area contributed by atoms with Gasteiger partial charge in [-0.15, -0.1) is 17.8 Å². The Morgan fingerprint density at radius 2 is 1.75 bits per heavy atom. The number of nitrogens with one attached hydrogen (secondary N) is 1. The number of aromatic nitrogens is 1. The second-order valence-corrected chi connectivity index (χ2v) is 15.5. The molecule has 268 valence electrons. The second kappa shape index (κ2) is 16.2. The molecule has 1 aromatic heterocycles. The van der Waals surface area contributed by atoms with E-state index < -0.39 is 0 Å². The van der Waals surface area contributed by atoms with E-state index in [0.29, 0.717) is 24.6 Å². The summed E-state index contributed by atoms with van der Waals surface area (Å²) in [6.45, 7) is 14.5. The molecule has 0 saturated heterocycles. The number of nitrogens with zero attached hydrogens (tertiary/aromatic N) is 3. The van der Waals surface area contributed by atoms with E-state index >= 15 is 0 Å². The smallest absolute Gasteiger partial charge is 0.219 e. The Morgan fingerprint density at radius 1 is 0.962 bits per heavy atom. The number of benzene rings is 3. The molecule has 2 aliphatic heterocycles. The average Bonchev–Trinajstić information content (AvgIpc) is 3.73. The minimum atomic E-state index is -0.101. The molecule has 0 radical (unpaired) electrons.